The van der Waals surface area contributed by atoms with E-state index in [0.717, 1.165) is 25.3 Å². The van der Waals surface area contributed by atoms with Crippen molar-refractivity contribution in [3.05, 3.63) is 35.4 Å². The molecule has 0 spiro atoms. The van der Waals surface area contributed by atoms with Gasteiger partial charge in [0.25, 0.3) is 0 Å². The Hall–Kier alpha value is -1.52. The number of rotatable bonds is 3. The largest absolute Gasteiger partial charge is 0.416 e. The van der Waals surface area contributed by atoms with E-state index in [1.165, 1.54) is 12.1 Å². The van der Waals surface area contributed by atoms with Crippen LogP contribution in [0.1, 0.15) is 42.7 Å². The molecule has 1 N–H and O–H groups in total. The normalized spacial score (nSPS) is 25.9. The van der Waals surface area contributed by atoms with Gasteiger partial charge in [0.05, 0.1) is 5.56 Å². The Morgan fingerprint density at radius 1 is 1.20 bits per heavy atom. The molecule has 2 aliphatic carbocycles. The minimum absolute atomic E-state index is 0.00763. The van der Waals surface area contributed by atoms with E-state index < -0.39 is 11.7 Å². The van der Waals surface area contributed by atoms with E-state index in [4.69, 9.17) is 0 Å². The molecule has 0 saturated heterocycles. The second-order valence-electron chi connectivity index (χ2n) is 5.67. The highest BCUT2D eigenvalue weighted by molar-refractivity contribution is 5.80. The molecular formula is C15H16F3NO. The van der Waals surface area contributed by atoms with Crippen LogP contribution in [0.3, 0.4) is 0 Å². The predicted octanol–water partition coefficient (Wildman–Crippen LogP) is 3.48. The molecule has 1 aromatic carbocycles. The van der Waals surface area contributed by atoms with Crippen molar-refractivity contribution in [3.8, 4) is 0 Å². The smallest absolute Gasteiger partial charge is 0.352 e. The number of alkyl halides is 3. The van der Waals surface area contributed by atoms with Crippen LogP contribution in [0.25, 0.3) is 0 Å². The molecule has 0 bridgehead atoms. The zero-order valence-electron chi connectivity index (χ0n) is 10.9. The molecule has 2 nitrogen and oxygen atoms in total. The minimum atomic E-state index is -4.33. The van der Waals surface area contributed by atoms with Crippen molar-refractivity contribution in [2.75, 3.05) is 0 Å². The van der Waals surface area contributed by atoms with E-state index in [1.54, 1.807) is 6.07 Å². The summed E-state index contributed by atoms with van der Waals surface area (Å²) in [6.07, 6.45) is -0.846. The Bertz CT molecular complexity index is 522. The molecule has 1 amide bonds. The molecule has 0 radical (unpaired) electrons. The van der Waals surface area contributed by atoms with Crippen molar-refractivity contribution in [3.63, 3.8) is 0 Å². The molecule has 3 rings (SSSR count). The van der Waals surface area contributed by atoms with Crippen molar-refractivity contribution >= 4 is 5.91 Å². The quantitative estimate of drug-likeness (QED) is 0.904. The number of halogens is 3. The fraction of sp³-hybridized carbons (Fsp3) is 0.533. The lowest BCUT2D eigenvalue weighted by molar-refractivity contribution is -0.138. The lowest BCUT2D eigenvalue weighted by Gasteiger charge is -2.24. The lowest BCUT2D eigenvalue weighted by Crippen LogP contribution is -2.36. The molecule has 0 aliphatic heterocycles. The van der Waals surface area contributed by atoms with Gasteiger partial charge in [-0.1, -0.05) is 24.6 Å². The van der Waals surface area contributed by atoms with Gasteiger partial charge in [-0.05, 0) is 30.9 Å². The summed E-state index contributed by atoms with van der Waals surface area (Å²) in [6.45, 7) is 0. The summed E-state index contributed by atoms with van der Waals surface area (Å²) in [5.74, 6) is -0.112. The standard InChI is InChI=1S/C15H16F3NO/c16-15(17,18)12-7-2-1-6-10(12)11-8-13(11)19-14(20)9-4-3-5-9/h1-2,6-7,9,11,13H,3-5,8H2,(H,19,20)/t11-,13-/m0/s1. The zero-order chi connectivity index (χ0) is 14.3. The molecule has 2 saturated carbocycles. The van der Waals surface area contributed by atoms with Gasteiger partial charge in [-0.2, -0.15) is 13.2 Å². The predicted molar refractivity (Wildman–Crippen MR) is 68.1 cm³/mol. The highest BCUT2D eigenvalue weighted by Gasteiger charge is 2.45. The van der Waals surface area contributed by atoms with Crippen LogP contribution in [-0.4, -0.2) is 11.9 Å². The van der Waals surface area contributed by atoms with Gasteiger partial charge in [-0.15, -0.1) is 0 Å². The third-order valence-electron chi connectivity index (χ3n) is 4.26. The van der Waals surface area contributed by atoms with Crippen LogP contribution in [-0.2, 0) is 11.0 Å². The van der Waals surface area contributed by atoms with Crippen LogP contribution in [0.4, 0.5) is 13.2 Å². The van der Waals surface area contributed by atoms with Crippen molar-refractivity contribution in [1.82, 2.24) is 5.32 Å². The van der Waals surface area contributed by atoms with Crippen LogP contribution < -0.4 is 5.32 Å². The summed E-state index contributed by atoms with van der Waals surface area (Å²) in [5.41, 5.74) is -0.274. The van der Waals surface area contributed by atoms with Crippen molar-refractivity contribution in [1.29, 1.82) is 0 Å². The molecule has 0 aromatic heterocycles. The molecule has 108 valence electrons. The van der Waals surface area contributed by atoms with Crippen molar-refractivity contribution in [2.45, 2.75) is 43.8 Å². The third kappa shape index (κ3) is 2.53. The molecule has 2 aliphatic rings. The zero-order valence-corrected chi connectivity index (χ0v) is 10.9. The number of carbonyl (C=O) groups is 1. The van der Waals surface area contributed by atoms with E-state index in [9.17, 15) is 18.0 Å². The van der Waals surface area contributed by atoms with Gasteiger partial charge in [0, 0.05) is 17.9 Å². The SMILES string of the molecule is O=C(N[C@H]1C[C@H]1c1ccccc1C(F)(F)F)C1CCC1. The Morgan fingerprint density at radius 3 is 2.50 bits per heavy atom. The van der Waals surface area contributed by atoms with Crippen molar-refractivity contribution in [2.24, 2.45) is 5.92 Å². The lowest BCUT2D eigenvalue weighted by atomic mass is 9.85. The number of amides is 1. The molecule has 0 unspecified atom stereocenters. The first-order chi connectivity index (χ1) is 9.47. The first kappa shape index (κ1) is 13.5. The van der Waals surface area contributed by atoms with Crippen LogP contribution in [0.2, 0.25) is 0 Å². The average Bonchev–Trinajstić information content (AvgIpc) is 3.04. The van der Waals surface area contributed by atoms with Gasteiger partial charge in [-0.25, -0.2) is 0 Å². The minimum Gasteiger partial charge on any atom is -0.352 e. The van der Waals surface area contributed by atoms with Gasteiger partial charge in [0.2, 0.25) is 5.91 Å². The molecule has 1 aromatic rings. The summed E-state index contributed by atoms with van der Waals surface area (Å²) in [7, 11) is 0. The molecule has 0 heterocycles. The van der Waals surface area contributed by atoms with E-state index in [0.29, 0.717) is 12.0 Å². The van der Waals surface area contributed by atoms with E-state index in [-0.39, 0.29) is 23.8 Å². The highest BCUT2D eigenvalue weighted by atomic mass is 19.4. The first-order valence-corrected chi connectivity index (χ1v) is 6.93. The van der Waals surface area contributed by atoms with Gasteiger partial charge in [-0.3, -0.25) is 4.79 Å². The van der Waals surface area contributed by atoms with Gasteiger partial charge in [0.1, 0.15) is 0 Å². The van der Waals surface area contributed by atoms with Gasteiger partial charge in [0.15, 0.2) is 0 Å². The Balaban J connectivity index is 1.68. The van der Waals surface area contributed by atoms with Crippen molar-refractivity contribution < 1.29 is 18.0 Å². The summed E-state index contributed by atoms with van der Waals surface area (Å²) >= 11 is 0. The summed E-state index contributed by atoms with van der Waals surface area (Å²) in [5, 5.41) is 2.88. The number of benzene rings is 1. The van der Waals surface area contributed by atoms with Crippen LogP contribution in [0.5, 0.6) is 0 Å². The number of hydrogen-bond acceptors (Lipinski definition) is 1. The van der Waals surface area contributed by atoms with Gasteiger partial charge < -0.3 is 5.32 Å². The summed E-state index contributed by atoms with van der Waals surface area (Å²) < 4.78 is 38.8. The Labute approximate surface area is 115 Å². The first-order valence-electron chi connectivity index (χ1n) is 6.93. The fourth-order valence-electron chi connectivity index (χ4n) is 2.75. The molecular weight excluding hydrogens is 267 g/mol. The Kier molecular flexibility index (Phi) is 3.22. The Morgan fingerprint density at radius 2 is 1.90 bits per heavy atom. The number of carbonyl (C=O) groups excluding carboxylic acids is 1. The fourth-order valence-corrected chi connectivity index (χ4v) is 2.75. The molecule has 2 atom stereocenters. The van der Waals surface area contributed by atoms with Crippen LogP contribution in [0, 0.1) is 5.92 Å². The average molecular weight is 283 g/mol. The van der Waals surface area contributed by atoms with E-state index in [1.807, 2.05) is 0 Å². The molecule has 2 fully saturated rings. The maximum absolute atomic E-state index is 12.9. The van der Waals surface area contributed by atoms with Crippen LogP contribution in [0.15, 0.2) is 24.3 Å². The maximum atomic E-state index is 12.9. The summed E-state index contributed by atoms with van der Waals surface area (Å²) in [6, 6.07) is 5.51. The topological polar surface area (TPSA) is 29.1 Å². The van der Waals surface area contributed by atoms with E-state index in [2.05, 4.69) is 5.32 Å². The highest BCUT2D eigenvalue weighted by Crippen LogP contribution is 2.46. The van der Waals surface area contributed by atoms with Gasteiger partial charge >= 0.3 is 6.18 Å². The van der Waals surface area contributed by atoms with Crippen LogP contribution >= 0.6 is 0 Å². The third-order valence-corrected chi connectivity index (χ3v) is 4.26. The molecule has 20 heavy (non-hydrogen) atoms. The second-order valence-corrected chi connectivity index (χ2v) is 5.67. The monoisotopic (exact) mass is 283 g/mol. The van der Waals surface area contributed by atoms with E-state index >= 15 is 0 Å². The second kappa shape index (κ2) is 4.79. The maximum Gasteiger partial charge on any atom is 0.416 e. The number of nitrogens with one attached hydrogen (secondary N) is 1. The number of hydrogen-bond donors (Lipinski definition) is 1. The molecule has 5 heteroatoms. The summed E-state index contributed by atoms with van der Waals surface area (Å²) in [4.78, 5) is 11.8.